The quantitative estimate of drug-likeness (QED) is 0.847. The van der Waals surface area contributed by atoms with Crippen LogP contribution in [0.15, 0.2) is 0 Å². The van der Waals surface area contributed by atoms with Crippen molar-refractivity contribution in [1.29, 1.82) is 0 Å². The Kier molecular flexibility index (Phi) is 4.90. The lowest BCUT2D eigenvalue weighted by atomic mass is 9.94. The van der Waals surface area contributed by atoms with Gasteiger partial charge in [0.1, 0.15) is 0 Å². The number of carbonyl (C=O) groups excluding carboxylic acids is 1. The van der Waals surface area contributed by atoms with Gasteiger partial charge in [-0.1, -0.05) is 6.42 Å². The normalized spacial score (nSPS) is 28.9. The molecule has 2 aliphatic rings. The molecule has 0 spiro atoms. The third-order valence-electron chi connectivity index (χ3n) is 4.37. The van der Waals surface area contributed by atoms with Gasteiger partial charge in [0.2, 0.25) is 5.91 Å². The Bertz CT molecular complexity index is 340. The Morgan fingerprint density at radius 2 is 1.80 bits per heavy atom. The molecule has 1 aliphatic heterocycles. The summed E-state index contributed by atoms with van der Waals surface area (Å²) in [4.78, 5) is 15.5. The number of nitrogens with two attached hydrogens (primary N) is 1. The van der Waals surface area contributed by atoms with Crippen LogP contribution < -0.4 is 5.73 Å². The summed E-state index contributed by atoms with van der Waals surface area (Å²) in [6.45, 7) is 1.01. The van der Waals surface area contributed by atoms with Gasteiger partial charge in [0.15, 0.2) is 0 Å². The minimum absolute atomic E-state index is 0.0193. The van der Waals surface area contributed by atoms with Crippen molar-refractivity contribution in [1.82, 2.24) is 9.80 Å². The fourth-order valence-electron chi connectivity index (χ4n) is 3.26. The summed E-state index contributed by atoms with van der Waals surface area (Å²) in [6.07, 6.45) is -1.29. The van der Waals surface area contributed by atoms with Crippen LogP contribution >= 0.6 is 0 Å². The molecule has 1 saturated heterocycles. The monoisotopic (exact) mass is 293 g/mol. The number of amides is 1. The standard InChI is InChI=1S/C13H22F3N3O/c14-13(15,16)9-18-4-6-19(7-5-18)12(20)11-3-1-2-10(11)8-17/h10-11H,1-9,17H2. The zero-order valence-electron chi connectivity index (χ0n) is 11.5. The highest BCUT2D eigenvalue weighted by atomic mass is 19.4. The summed E-state index contributed by atoms with van der Waals surface area (Å²) < 4.78 is 36.9. The highest BCUT2D eigenvalue weighted by Crippen LogP contribution is 2.32. The van der Waals surface area contributed by atoms with Crippen LogP contribution in [0.4, 0.5) is 13.2 Å². The Labute approximate surface area is 117 Å². The molecule has 20 heavy (non-hydrogen) atoms. The van der Waals surface area contributed by atoms with Crippen LogP contribution in [-0.4, -0.2) is 61.2 Å². The molecule has 0 aromatic heterocycles. The van der Waals surface area contributed by atoms with Crippen LogP contribution in [0.25, 0.3) is 0 Å². The van der Waals surface area contributed by atoms with E-state index in [0.717, 1.165) is 19.3 Å². The molecule has 2 fully saturated rings. The number of carbonyl (C=O) groups is 1. The van der Waals surface area contributed by atoms with E-state index < -0.39 is 12.7 Å². The van der Waals surface area contributed by atoms with E-state index in [1.807, 2.05) is 0 Å². The second kappa shape index (κ2) is 6.30. The Balaban J connectivity index is 1.83. The lowest BCUT2D eigenvalue weighted by Gasteiger charge is -2.36. The number of nitrogens with zero attached hydrogens (tertiary/aromatic N) is 2. The van der Waals surface area contributed by atoms with E-state index in [-0.39, 0.29) is 17.7 Å². The molecule has 2 unspecified atom stereocenters. The first kappa shape index (κ1) is 15.6. The summed E-state index contributed by atoms with van der Waals surface area (Å²) in [5, 5.41) is 0. The predicted octanol–water partition coefficient (Wildman–Crippen LogP) is 1.07. The number of piperazine rings is 1. The first-order chi connectivity index (χ1) is 9.40. The minimum atomic E-state index is -4.16. The minimum Gasteiger partial charge on any atom is -0.340 e. The van der Waals surface area contributed by atoms with Crippen molar-refractivity contribution >= 4 is 5.91 Å². The third-order valence-corrected chi connectivity index (χ3v) is 4.37. The van der Waals surface area contributed by atoms with E-state index in [1.54, 1.807) is 4.90 Å². The summed E-state index contributed by atoms with van der Waals surface area (Å²) in [5.41, 5.74) is 5.68. The fourth-order valence-corrected chi connectivity index (χ4v) is 3.26. The van der Waals surface area contributed by atoms with E-state index in [2.05, 4.69) is 0 Å². The van der Waals surface area contributed by atoms with Crippen LogP contribution in [0.2, 0.25) is 0 Å². The van der Waals surface area contributed by atoms with Crippen molar-refractivity contribution in [3.63, 3.8) is 0 Å². The smallest absolute Gasteiger partial charge is 0.340 e. The third kappa shape index (κ3) is 3.85. The molecule has 4 nitrogen and oxygen atoms in total. The van der Waals surface area contributed by atoms with Crippen molar-refractivity contribution in [2.45, 2.75) is 25.4 Å². The molecule has 0 radical (unpaired) electrons. The molecule has 0 aromatic rings. The zero-order valence-corrected chi connectivity index (χ0v) is 11.5. The van der Waals surface area contributed by atoms with Crippen LogP contribution in [0.1, 0.15) is 19.3 Å². The topological polar surface area (TPSA) is 49.6 Å². The summed E-state index contributed by atoms with van der Waals surface area (Å²) >= 11 is 0. The molecule has 7 heteroatoms. The highest BCUT2D eigenvalue weighted by molar-refractivity contribution is 5.79. The molecule has 2 rings (SSSR count). The van der Waals surface area contributed by atoms with Crippen molar-refractivity contribution < 1.29 is 18.0 Å². The average molecular weight is 293 g/mol. The first-order valence-corrected chi connectivity index (χ1v) is 7.18. The molecule has 2 N–H and O–H groups in total. The van der Waals surface area contributed by atoms with Gasteiger partial charge >= 0.3 is 6.18 Å². The lowest BCUT2D eigenvalue weighted by Crippen LogP contribution is -2.52. The lowest BCUT2D eigenvalue weighted by molar-refractivity contribution is -0.153. The molecule has 2 atom stereocenters. The van der Waals surface area contributed by atoms with E-state index in [1.165, 1.54) is 4.90 Å². The SMILES string of the molecule is NCC1CCCC1C(=O)N1CCN(CC(F)(F)F)CC1. The molecule has 1 amide bonds. The van der Waals surface area contributed by atoms with Crippen molar-refractivity contribution in [2.75, 3.05) is 39.3 Å². The zero-order chi connectivity index (χ0) is 14.8. The van der Waals surface area contributed by atoms with E-state index in [0.29, 0.717) is 32.7 Å². The summed E-state index contributed by atoms with van der Waals surface area (Å²) in [7, 11) is 0. The summed E-state index contributed by atoms with van der Waals surface area (Å²) in [5.74, 6) is 0.314. The molecule has 116 valence electrons. The van der Waals surface area contributed by atoms with Crippen LogP contribution in [-0.2, 0) is 4.79 Å². The van der Waals surface area contributed by atoms with Gasteiger partial charge < -0.3 is 10.6 Å². The number of hydrogen-bond acceptors (Lipinski definition) is 3. The maximum Gasteiger partial charge on any atom is 0.401 e. The largest absolute Gasteiger partial charge is 0.401 e. The van der Waals surface area contributed by atoms with E-state index in [4.69, 9.17) is 5.73 Å². The van der Waals surface area contributed by atoms with Gasteiger partial charge in [-0.25, -0.2) is 0 Å². The summed E-state index contributed by atoms with van der Waals surface area (Å²) in [6, 6.07) is 0. The second-order valence-electron chi connectivity index (χ2n) is 5.75. The predicted molar refractivity (Wildman–Crippen MR) is 69.0 cm³/mol. The van der Waals surface area contributed by atoms with Gasteiger partial charge in [0, 0.05) is 32.1 Å². The second-order valence-corrected chi connectivity index (χ2v) is 5.75. The van der Waals surface area contributed by atoms with E-state index >= 15 is 0 Å². The van der Waals surface area contributed by atoms with Gasteiger partial charge in [-0.05, 0) is 25.3 Å². The first-order valence-electron chi connectivity index (χ1n) is 7.18. The maximum atomic E-state index is 12.4. The van der Waals surface area contributed by atoms with Gasteiger partial charge in [-0.3, -0.25) is 9.69 Å². The van der Waals surface area contributed by atoms with Crippen LogP contribution in [0.3, 0.4) is 0 Å². The molecular formula is C13H22F3N3O. The van der Waals surface area contributed by atoms with Gasteiger partial charge in [-0.2, -0.15) is 13.2 Å². The molecule has 1 heterocycles. The number of halogens is 3. The molecule has 1 saturated carbocycles. The van der Waals surface area contributed by atoms with Crippen molar-refractivity contribution in [2.24, 2.45) is 17.6 Å². The molecule has 1 aliphatic carbocycles. The average Bonchev–Trinajstić information content (AvgIpc) is 2.85. The highest BCUT2D eigenvalue weighted by Gasteiger charge is 2.37. The van der Waals surface area contributed by atoms with Gasteiger partial charge in [0.05, 0.1) is 6.54 Å². The van der Waals surface area contributed by atoms with E-state index in [9.17, 15) is 18.0 Å². The Morgan fingerprint density at radius 1 is 1.15 bits per heavy atom. The van der Waals surface area contributed by atoms with Crippen LogP contribution in [0, 0.1) is 11.8 Å². The fraction of sp³-hybridized carbons (Fsp3) is 0.923. The Hall–Kier alpha value is -0.820. The number of hydrogen-bond donors (Lipinski definition) is 1. The molecule has 0 aromatic carbocycles. The van der Waals surface area contributed by atoms with Crippen molar-refractivity contribution in [3.05, 3.63) is 0 Å². The Morgan fingerprint density at radius 3 is 2.35 bits per heavy atom. The van der Waals surface area contributed by atoms with Crippen LogP contribution in [0.5, 0.6) is 0 Å². The van der Waals surface area contributed by atoms with Crippen molar-refractivity contribution in [3.8, 4) is 0 Å². The number of rotatable bonds is 3. The van der Waals surface area contributed by atoms with Gasteiger partial charge in [-0.15, -0.1) is 0 Å². The maximum absolute atomic E-state index is 12.4. The van der Waals surface area contributed by atoms with Gasteiger partial charge in [0.25, 0.3) is 0 Å². The molecule has 0 bridgehead atoms. The number of alkyl halides is 3. The molecular weight excluding hydrogens is 271 g/mol.